The third-order valence-electron chi connectivity index (χ3n) is 5.24. The lowest BCUT2D eigenvalue weighted by molar-refractivity contribution is -0.125. The lowest BCUT2D eigenvalue weighted by Crippen LogP contribution is -2.43. The van der Waals surface area contributed by atoms with Crippen molar-refractivity contribution in [1.82, 2.24) is 30.0 Å². The Balaban J connectivity index is 1.65. The number of carbonyl (C=O) groups excluding carboxylic acids is 1. The molecule has 0 aromatic carbocycles. The van der Waals surface area contributed by atoms with Crippen molar-refractivity contribution in [2.45, 2.75) is 19.3 Å². The highest BCUT2D eigenvalue weighted by atomic mass is 16.3. The number of hydrogen-bond acceptors (Lipinski definition) is 7. The summed E-state index contributed by atoms with van der Waals surface area (Å²) in [5.74, 6) is 1.36. The third-order valence-corrected chi connectivity index (χ3v) is 5.24. The topological polar surface area (TPSA) is 109 Å². The van der Waals surface area contributed by atoms with Crippen molar-refractivity contribution in [2.24, 2.45) is 13.0 Å². The van der Waals surface area contributed by atoms with Gasteiger partial charge in [-0.1, -0.05) is 0 Å². The van der Waals surface area contributed by atoms with Crippen LogP contribution in [0.25, 0.3) is 22.4 Å². The van der Waals surface area contributed by atoms with Crippen LogP contribution in [-0.2, 0) is 11.8 Å². The fraction of sp³-hybridized carbons (Fsp3) is 0.450. The number of aryl methyl sites for hydroxylation is 1. The fourth-order valence-corrected chi connectivity index (χ4v) is 3.70. The van der Waals surface area contributed by atoms with E-state index in [2.05, 4.69) is 20.3 Å². The summed E-state index contributed by atoms with van der Waals surface area (Å²) in [7, 11) is 1.86. The predicted molar refractivity (Wildman–Crippen MR) is 109 cm³/mol. The summed E-state index contributed by atoms with van der Waals surface area (Å²) in [5.41, 5.74) is 1.65. The van der Waals surface area contributed by atoms with Gasteiger partial charge in [-0.2, -0.15) is 5.10 Å². The lowest BCUT2D eigenvalue weighted by Gasteiger charge is -2.33. The van der Waals surface area contributed by atoms with Crippen molar-refractivity contribution < 1.29 is 9.90 Å². The van der Waals surface area contributed by atoms with Crippen LogP contribution < -0.4 is 10.2 Å². The van der Waals surface area contributed by atoms with Crippen LogP contribution in [0.2, 0.25) is 0 Å². The van der Waals surface area contributed by atoms with E-state index >= 15 is 0 Å². The fourth-order valence-electron chi connectivity index (χ4n) is 3.70. The maximum atomic E-state index is 12.5. The van der Waals surface area contributed by atoms with Crippen molar-refractivity contribution in [2.75, 3.05) is 31.1 Å². The summed E-state index contributed by atoms with van der Waals surface area (Å²) in [5, 5.41) is 17.1. The molecule has 152 valence electrons. The number of aromatic nitrogens is 5. The SMILES string of the molecule is Cn1ncc2c(N3CCC[C@H](C(=O)NCCCO)C3)nc(-c3ccncc3)nc21. The molecule has 1 atom stereocenters. The Morgan fingerprint density at radius 2 is 2.14 bits per heavy atom. The zero-order chi connectivity index (χ0) is 20.2. The highest BCUT2D eigenvalue weighted by Crippen LogP contribution is 2.30. The normalized spacial score (nSPS) is 16.9. The Morgan fingerprint density at radius 3 is 2.93 bits per heavy atom. The molecule has 0 unspecified atom stereocenters. The first kappa shape index (κ1) is 19.3. The van der Waals surface area contributed by atoms with Crippen LogP contribution in [0.3, 0.4) is 0 Å². The van der Waals surface area contributed by atoms with Crippen LogP contribution in [0.1, 0.15) is 19.3 Å². The first-order valence-corrected chi connectivity index (χ1v) is 9.91. The molecule has 2 N–H and O–H groups in total. The Hall–Kier alpha value is -3.07. The van der Waals surface area contributed by atoms with E-state index in [1.54, 1.807) is 23.3 Å². The van der Waals surface area contributed by atoms with Gasteiger partial charge in [-0.25, -0.2) is 9.97 Å². The van der Waals surface area contributed by atoms with E-state index in [0.717, 1.165) is 41.8 Å². The summed E-state index contributed by atoms with van der Waals surface area (Å²) in [4.78, 5) is 28.3. The van der Waals surface area contributed by atoms with Gasteiger partial charge in [0.15, 0.2) is 11.5 Å². The molecule has 3 aromatic heterocycles. The van der Waals surface area contributed by atoms with Gasteiger partial charge in [0.25, 0.3) is 0 Å². The number of amides is 1. The molecule has 9 nitrogen and oxygen atoms in total. The number of fused-ring (bicyclic) bond motifs is 1. The Morgan fingerprint density at radius 1 is 1.31 bits per heavy atom. The summed E-state index contributed by atoms with van der Waals surface area (Å²) >= 11 is 0. The molecular formula is C20H25N7O2. The minimum atomic E-state index is -0.103. The maximum Gasteiger partial charge on any atom is 0.224 e. The minimum Gasteiger partial charge on any atom is -0.396 e. The van der Waals surface area contributed by atoms with E-state index in [9.17, 15) is 4.79 Å². The average molecular weight is 395 g/mol. The summed E-state index contributed by atoms with van der Waals surface area (Å²) in [6, 6.07) is 3.77. The second-order valence-corrected chi connectivity index (χ2v) is 7.27. The number of anilines is 1. The summed E-state index contributed by atoms with van der Waals surface area (Å²) < 4.78 is 1.74. The van der Waals surface area contributed by atoms with Crippen molar-refractivity contribution in [1.29, 1.82) is 0 Å². The monoisotopic (exact) mass is 395 g/mol. The zero-order valence-corrected chi connectivity index (χ0v) is 16.5. The first-order valence-electron chi connectivity index (χ1n) is 9.91. The van der Waals surface area contributed by atoms with Crippen LogP contribution >= 0.6 is 0 Å². The standard InChI is InChI=1S/C20H25N7O2/c1-26-18-16(12-23-26)19(25-17(24-18)14-5-8-21-9-6-14)27-10-2-4-15(13-27)20(29)22-7-3-11-28/h5-6,8-9,12,15,28H,2-4,7,10-11,13H2,1H3,(H,22,29)/t15-/m0/s1. The van der Waals surface area contributed by atoms with E-state index in [0.29, 0.717) is 25.3 Å². The number of pyridine rings is 1. The predicted octanol–water partition coefficient (Wildman–Crippen LogP) is 1.14. The molecule has 4 heterocycles. The van der Waals surface area contributed by atoms with E-state index in [4.69, 9.17) is 15.1 Å². The maximum absolute atomic E-state index is 12.5. The molecule has 0 radical (unpaired) electrons. The Labute approximate surface area is 168 Å². The second-order valence-electron chi connectivity index (χ2n) is 7.27. The van der Waals surface area contributed by atoms with Gasteiger partial charge < -0.3 is 15.3 Å². The van der Waals surface area contributed by atoms with E-state index in [-0.39, 0.29) is 18.4 Å². The van der Waals surface area contributed by atoms with Crippen molar-refractivity contribution >= 4 is 22.8 Å². The van der Waals surface area contributed by atoms with Crippen LogP contribution in [0, 0.1) is 5.92 Å². The van der Waals surface area contributed by atoms with Crippen LogP contribution in [0.5, 0.6) is 0 Å². The highest BCUT2D eigenvalue weighted by Gasteiger charge is 2.28. The largest absolute Gasteiger partial charge is 0.396 e. The molecule has 1 amide bonds. The zero-order valence-electron chi connectivity index (χ0n) is 16.5. The van der Waals surface area contributed by atoms with Gasteiger partial charge in [0.1, 0.15) is 5.82 Å². The molecule has 1 saturated heterocycles. The minimum absolute atomic E-state index is 0.0361. The molecule has 9 heteroatoms. The molecule has 1 aliphatic rings. The summed E-state index contributed by atoms with van der Waals surface area (Å²) in [6.07, 6.45) is 7.55. The van der Waals surface area contributed by atoms with Crippen LogP contribution in [-0.4, -0.2) is 62.0 Å². The van der Waals surface area contributed by atoms with Gasteiger partial charge in [-0.15, -0.1) is 0 Å². The summed E-state index contributed by atoms with van der Waals surface area (Å²) in [6.45, 7) is 2.01. The number of rotatable bonds is 6. The number of aliphatic hydroxyl groups excluding tert-OH is 1. The molecule has 0 spiro atoms. The molecule has 0 aliphatic carbocycles. The molecular weight excluding hydrogens is 370 g/mol. The van der Waals surface area contributed by atoms with Gasteiger partial charge in [0.2, 0.25) is 5.91 Å². The molecule has 1 aliphatic heterocycles. The van der Waals surface area contributed by atoms with Crippen LogP contribution in [0.4, 0.5) is 5.82 Å². The molecule has 0 saturated carbocycles. The number of hydrogen-bond donors (Lipinski definition) is 2. The second kappa shape index (κ2) is 8.52. The smallest absolute Gasteiger partial charge is 0.224 e. The molecule has 29 heavy (non-hydrogen) atoms. The Kier molecular flexibility index (Phi) is 5.66. The number of piperidine rings is 1. The lowest BCUT2D eigenvalue weighted by atomic mass is 9.97. The number of nitrogens with zero attached hydrogens (tertiary/aromatic N) is 6. The van der Waals surface area contributed by atoms with Crippen molar-refractivity contribution in [3.63, 3.8) is 0 Å². The van der Waals surface area contributed by atoms with E-state index in [1.807, 2.05) is 19.2 Å². The van der Waals surface area contributed by atoms with Gasteiger partial charge >= 0.3 is 0 Å². The average Bonchev–Trinajstić information content (AvgIpc) is 3.15. The molecule has 1 fully saturated rings. The molecule has 0 bridgehead atoms. The number of aliphatic hydroxyl groups is 1. The van der Waals surface area contributed by atoms with Crippen molar-refractivity contribution in [3.8, 4) is 11.4 Å². The van der Waals surface area contributed by atoms with Gasteiger partial charge in [0.05, 0.1) is 17.5 Å². The van der Waals surface area contributed by atoms with E-state index < -0.39 is 0 Å². The third kappa shape index (κ3) is 4.04. The van der Waals surface area contributed by atoms with Crippen molar-refractivity contribution in [3.05, 3.63) is 30.7 Å². The highest BCUT2D eigenvalue weighted by molar-refractivity contribution is 5.89. The number of nitrogens with one attached hydrogen (secondary N) is 1. The number of carbonyl (C=O) groups is 1. The van der Waals surface area contributed by atoms with Gasteiger partial charge in [-0.3, -0.25) is 14.5 Å². The first-order chi connectivity index (χ1) is 14.2. The molecule has 4 rings (SSSR count). The quantitative estimate of drug-likeness (QED) is 0.603. The van der Waals surface area contributed by atoms with E-state index in [1.165, 1.54) is 0 Å². The van der Waals surface area contributed by atoms with Gasteiger partial charge in [0, 0.05) is 51.2 Å². The molecule has 3 aromatic rings. The van der Waals surface area contributed by atoms with Gasteiger partial charge in [-0.05, 0) is 31.4 Å². The Bertz CT molecular complexity index is 989. The van der Waals surface area contributed by atoms with Crippen LogP contribution in [0.15, 0.2) is 30.7 Å².